The number of benzene rings is 2. The number of hydrogen-bond acceptors (Lipinski definition) is 8. The van der Waals surface area contributed by atoms with Gasteiger partial charge in [-0.15, -0.1) is 0 Å². The Balaban J connectivity index is 1.62. The van der Waals surface area contributed by atoms with Gasteiger partial charge in [0.15, 0.2) is 5.82 Å². The van der Waals surface area contributed by atoms with Crippen LogP contribution in [-0.4, -0.2) is 42.8 Å². The molecule has 0 saturated carbocycles. The lowest BCUT2D eigenvalue weighted by Crippen LogP contribution is -2.27. The van der Waals surface area contributed by atoms with Crippen LogP contribution >= 0.6 is 11.6 Å². The molecule has 1 aliphatic heterocycles. The highest BCUT2D eigenvalue weighted by molar-refractivity contribution is 7.93. The molecule has 4 rings (SSSR count). The van der Waals surface area contributed by atoms with E-state index in [-0.39, 0.29) is 11.1 Å². The molecule has 1 fully saturated rings. The number of halogens is 1. The number of sulfonamides is 1. The number of rotatable bonds is 10. The molecular formula is C28H37ClN6O3S. The van der Waals surface area contributed by atoms with Crippen LogP contribution in [-0.2, 0) is 10.0 Å². The number of ether oxygens (including phenoxy) is 1. The van der Waals surface area contributed by atoms with Crippen LogP contribution in [0.5, 0.6) is 5.75 Å². The number of para-hydroxylation sites is 2. The third-order valence-corrected chi connectivity index (χ3v) is 8.58. The van der Waals surface area contributed by atoms with E-state index in [1.54, 1.807) is 38.1 Å². The summed E-state index contributed by atoms with van der Waals surface area (Å²) in [5, 5.41) is 9.59. The normalized spacial score (nSPS) is 14.5. The minimum absolute atomic E-state index is 0.0105. The zero-order chi connectivity index (χ0) is 28.2. The number of nitrogens with one attached hydrogen (secondary N) is 4. The summed E-state index contributed by atoms with van der Waals surface area (Å²) in [6.45, 7) is 11.4. The number of anilines is 5. The molecule has 210 valence electrons. The summed E-state index contributed by atoms with van der Waals surface area (Å²) >= 11 is 6.43. The topological polar surface area (TPSA) is 117 Å². The fourth-order valence-corrected chi connectivity index (χ4v) is 5.30. The van der Waals surface area contributed by atoms with Crippen LogP contribution < -0.4 is 25.4 Å². The van der Waals surface area contributed by atoms with Gasteiger partial charge < -0.3 is 20.7 Å². The molecule has 1 saturated heterocycles. The quantitative estimate of drug-likeness (QED) is 0.223. The first-order valence-electron chi connectivity index (χ1n) is 13.2. The van der Waals surface area contributed by atoms with Crippen LogP contribution in [0.2, 0.25) is 5.02 Å². The van der Waals surface area contributed by atoms with Crippen molar-refractivity contribution >= 4 is 50.5 Å². The van der Waals surface area contributed by atoms with Gasteiger partial charge in [-0.1, -0.05) is 23.7 Å². The van der Waals surface area contributed by atoms with Crippen LogP contribution in [0.15, 0.2) is 42.6 Å². The van der Waals surface area contributed by atoms with Crippen molar-refractivity contribution in [3.05, 3.63) is 58.7 Å². The Morgan fingerprint density at radius 2 is 1.72 bits per heavy atom. The van der Waals surface area contributed by atoms with Gasteiger partial charge in [-0.2, -0.15) is 4.98 Å². The van der Waals surface area contributed by atoms with Crippen molar-refractivity contribution < 1.29 is 13.2 Å². The summed E-state index contributed by atoms with van der Waals surface area (Å²) in [7, 11) is -3.54. The van der Waals surface area contributed by atoms with Crippen molar-refractivity contribution in [2.75, 3.05) is 28.4 Å². The Hall–Kier alpha value is -3.08. The summed E-state index contributed by atoms with van der Waals surface area (Å²) in [6.07, 6.45) is 3.68. The SMILES string of the molecule is Cc1cc(Nc2ncc(Cl)c(Nc3ccccc3NS(=O)(=O)C(C)C)n2)c(OC(C)C)cc1C1CCNCC1. The molecule has 4 N–H and O–H groups in total. The van der Waals surface area contributed by atoms with Crippen molar-refractivity contribution in [2.24, 2.45) is 0 Å². The molecule has 0 radical (unpaired) electrons. The average Bonchev–Trinajstić information content (AvgIpc) is 2.88. The molecular weight excluding hydrogens is 536 g/mol. The smallest absolute Gasteiger partial charge is 0.235 e. The van der Waals surface area contributed by atoms with Crippen LogP contribution in [0.25, 0.3) is 0 Å². The van der Waals surface area contributed by atoms with Crippen molar-refractivity contribution in [1.82, 2.24) is 15.3 Å². The first kappa shape index (κ1) is 28.9. The Morgan fingerprint density at radius 3 is 2.38 bits per heavy atom. The molecule has 1 aliphatic rings. The van der Waals surface area contributed by atoms with Crippen molar-refractivity contribution in [2.45, 2.75) is 64.7 Å². The van der Waals surface area contributed by atoms with E-state index in [9.17, 15) is 8.42 Å². The van der Waals surface area contributed by atoms with Gasteiger partial charge in [0.25, 0.3) is 0 Å². The first-order chi connectivity index (χ1) is 18.5. The number of aromatic nitrogens is 2. The molecule has 1 aromatic heterocycles. The van der Waals surface area contributed by atoms with Gasteiger partial charge in [0.05, 0.1) is 34.6 Å². The van der Waals surface area contributed by atoms with Crippen molar-refractivity contribution in [3.63, 3.8) is 0 Å². The summed E-state index contributed by atoms with van der Waals surface area (Å²) in [6, 6.07) is 11.2. The molecule has 11 heteroatoms. The summed E-state index contributed by atoms with van der Waals surface area (Å²) in [5.74, 6) is 1.89. The lowest BCUT2D eigenvalue weighted by atomic mass is 9.87. The summed E-state index contributed by atoms with van der Waals surface area (Å²) < 4.78 is 33.8. The predicted octanol–water partition coefficient (Wildman–Crippen LogP) is 6.33. The monoisotopic (exact) mass is 572 g/mol. The number of piperidine rings is 1. The van der Waals surface area contributed by atoms with E-state index in [4.69, 9.17) is 16.3 Å². The molecule has 0 unspecified atom stereocenters. The fourth-order valence-electron chi connectivity index (χ4n) is 4.44. The Kier molecular flexibility index (Phi) is 9.19. The lowest BCUT2D eigenvalue weighted by Gasteiger charge is -2.26. The Labute approximate surface area is 236 Å². The van der Waals surface area contributed by atoms with Gasteiger partial charge in [-0.3, -0.25) is 4.72 Å². The summed E-state index contributed by atoms with van der Waals surface area (Å²) in [4.78, 5) is 8.97. The molecule has 9 nitrogen and oxygen atoms in total. The van der Waals surface area contributed by atoms with E-state index in [2.05, 4.69) is 49.7 Å². The second-order valence-electron chi connectivity index (χ2n) is 10.3. The average molecular weight is 573 g/mol. The summed E-state index contributed by atoms with van der Waals surface area (Å²) in [5.41, 5.74) is 4.15. The maximum absolute atomic E-state index is 12.5. The molecule has 2 aromatic carbocycles. The van der Waals surface area contributed by atoms with E-state index in [1.807, 2.05) is 13.8 Å². The Bertz CT molecular complexity index is 1410. The molecule has 0 aliphatic carbocycles. The zero-order valence-electron chi connectivity index (χ0n) is 23.0. The van der Waals surface area contributed by atoms with E-state index in [0.717, 1.165) is 37.4 Å². The molecule has 0 amide bonds. The van der Waals surface area contributed by atoms with Crippen molar-refractivity contribution in [1.29, 1.82) is 0 Å². The largest absolute Gasteiger partial charge is 0.489 e. The van der Waals surface area contributed by atoms with E-state index < -0.39 is 15.3 Å². The van der Waals surface area contributed by atoms with Crippen LogP contribution in [0.4, 0.5) is 28.8 Å². The highest BCUT2D eigenvalue weighted by atomic mass is 35.5. The highest BCUT2D eigenvalue weighted by Crippen LogP contribution is 2.37. The minimum Gasteiger partial charge on any atom is -0.489 e. The van der Waals surface area contributed by atoms with Gasteiger partial charge in [-0.25, -0.2) is 13.4 Å². The highest BCUT2D eigenvalue weighted by Gasteiger charge is 2.21. The fraction of sp³-hybridized carbons (Fsp3) is 0.429. The molecule has 2 heterocycles. The zero-order valence-corrected chi connectivity index (χ0v) is 24.6. The molecule has 0 spiro atoms. The van der Waals surface area contributed by atoms with E-state index >= 15 is 0 Å². The minimum atomic E-state index is -3.54. The van der Waals surface area contributed by atoms with Crippen LogP contribution in [0.3, 0.4) is 0 Å². The predicted molar refractivity (Wildman–Crippen MR) is 160 cm³/mol. The van der Waals surface area contributed by atoms with Gasteiger partial charge in [0, 0.05) is 0 Å². The van der Waals surface area contributed by atoms with Crippen molar-refractivity contribution in [3.8, 4) is 5.75 Å². The van der Waals surface area contributed by atoms with Gasteiger partial charge in [-0.05, 0) is 102 Å². The van der Waals surface area contributed by atoms with E-state index in [0.29, 0.717) is 29.1 Å². The van der Waals surface area contributed by atoms with Crippen LogP contribution in [0, 0.1) is 6.92 Å². The molecule has 0 atom stereocenters. The third kappa shape index (κ3) is 7.32. The van der Waals surface area contributed by atoms with Crippen LogP contribution in [0.1, 0.15) is 57.6 Å². The standard InChI is InChI=1S/C28H37ClN6O3S/c1-17(2)38-26-15-21(20-10-12-30-13-11-20)19(5)14-25(26)33-28-31-16-22(29)27(34-28)32-23-8-6-7-9-24(23)35-39(36,37)18(3)4/h6-9,14-18,20,30,35H,10-13H2,1-5H3,(H2,31,32,33,34). The first-order valence-corrected chi connectivity index (χ1v) is 15.1. The van der Waals surface area contributed by atoms with Gasteiger partial charge in [0.2, 0.25) is 16.0 Å². The number of nitrogens with zero attached hydrogens (tertiary/aromatic N) is 2. The lowest BCUT2D eigenvalue weighted by molar-refractivity contribution is 0.243. The van der Waals surface area contributed by atoms with E-state index in [1.165, 1.54) is 17.3 Å². The second-order valence-corrected chi connectivity index (χ2v) is 12.9. The molecule has 0 bridgehead atoms. The van der Waals surface area contributed by atoms with Gasteiger partial charge >= 0.3 is 0 Å². The van der Waals surface area contributed by atoms with Gasteiger partial charge in [0.1, 0.15) is 10.8 Å². The molecule has 39 heavy (non-hydrogen) atoms. The number of hydrogen-bond donors (Lipinski definition) is 4. The number of aryl methyl sites for hydroxylation is 1. The molecule has 3 aromatic rings. The second kappa shape index (κ2) is 12.4. The maximum atomic E-state index is 12.5. The maximum Gasteiger partial charge on any atom is 0.235 e. The Morgan fingerprint density at radius 1 is 1.03 bits per heavy atom. The third-order valence-electron chi connectivity index (χ3n) is 6.55.